The fourth-order valence-corrected chi connectivity index (χ4v) is 3.36. The summed E-state index contributed by atoms with van der Waals surface area (Å²) in [4.78, 5) is 24.3. The predicted octanol–water partition coefficient (Wildman–Crippen LogP) is 4.53. The molecule has 1 fully saturated rings. The van der Waals surface area contributed by atoms with Crippen molar-refractivity contribution in [2.45, 2.75) is 110 Å². The number of carbonyl (C=O) groups excluding carboxylic acids is 2. The highest BCUT2D eigenvalue weighted by Gasteiger charge is 2.52. The average Bonchev–Trinajstić information content (AvgIpc) is 2.99. The molecule has 1 rings (SSSR count). The second-order valence-electron chi connectivity index (χ2n) is 7.29. The Labute approximate surface area is 164 Å². The van der Waals surface area contributed by atoms with Crippen molar-refractivity contribution in [3.05, 3.63) is 0 Å². The first-order chi connectivity index (χ1) is 13.0. The van der Waals surface area contributed by atoms with Gasteiger partial charge in [0.25, 0.3) is 0 Å². The van der Waals surface area contributed by atoms with E-state index in [1.807, 2.05) is 0 Å². The molecule has 2 unspecified atom stereocenters. The van der Waals surface area contributed by atoms with Crippen LogP contribution in [0.25, 0.3) is 0 Å². The summed E-state index contributed by atoms with van der Waals surface area (Å²) in [5.41, 5.74) is 0. The molecule has 0 bridgehead atoms. The summed E-state index contributed by atoms with van der Waals surface area (Å²) in [7, 11) is 0. The van der Waals surface area contributed by atoms with Gasteiger partial charge in [0.15, 0.2) is 18.0 Å². The molecular formula is C21H38O6. The molecule has 0 spiro atoms. The molecule has 0 N–H and O–H groups in total. The molecule has 0 aliphatic carbocycles. The van der Waals surface area contributed by atoms with E-state index in [9.17, 15) is 9.59 Å². The predicted molar refractivity (Wildman–Crippen MR) is 103 cm³/mol. The number of hydrogen-bond acceptors (Lipinski definition) is 6. The monoisotopic (exact) mass is 386 g/mol. The van der Waals surface area contributed by atoms with Gasteiger partial charge in [-0.1, -0.05) is 58.3 Å². The summed E-state index contributed by atoms with van der Waals surface area (Å²) in [6.45, 7) is 7.89. The Morgan fingerprint density at radius 1 is 0.741 bits per heavy atom. The van der Waals surface area contributed by atoms with Crippen molar-refractivity contribution >= 4 is 11.9 Å². The van der Waals surface area contributed by atoms with Gasteiger partial charge in [0.1, 0.15) is 0 Å². The van der Waals surface area contributed by atoms with Gasteiger partial charge in [0.2, 0.25) is 0 Å². The topological polar surface area (TPSA) is 71.1 Å². The highest BCUT2D eigenvalue weighted by atomic mass is 16.8. The zero-order valence-electron chi connectivity index (χ0n) is 17.6. The zero-order valence-corrected chi connectivity index (χ0v) is 17.6. The van der Waals surface area contributed by atoms with E-state index in [2.05, 4.69) is 6.92 Å². The molecule has 0 saturated carbocycles. The van der Waals surface area contributed by atoms with Crippen LogP contribution in [0, 0.1) is 0 Å². The first kappa shape index (κ1) is 23.9. The molecule has 0 aromatic rings. The van der Waals surface area contributed by atoms with Crippen molar-refractivity contribution in [1.29, 1.82) is 0 Å². The zero-order chi connectivity index (χ0) is 20.1. The van der Waals surface area contributed by atoms with Crippen LogP contribution in [0.4, 0.5) is 0 Å². The number of ether oxygens (including phenoxy) is 4. The van der Waals surface area contributed by atoms with E-state index in [0.29, 0.717) is 6.42 Å². The van der Waals surface area contributed by atoms with Crippen molar-refractivity contribution in [2.75, 3.05) is 13.2 Å². The van der Waals surface area contributed by atoms with Crippen molar-refractivity contribution in [3.8, 4) is 0 Å². The van der Waals surface area contributed by atoms with Crippen LogP contribution in [0.3, 0.4) is 0 Å². The van der Waals surface area contributed by atoms with Crippen LogP contribution in [0.1, 0.15) is 91.9 Å². The Kier molecular flexibility index (Phi) is 11.6. The molecule has 158 valence electrons. The van der Waals surface area contributed by atoms with E-state index in [0.717, 1.165) is 12.8 Å². The third-order valence-electron chi connectivity index (χ3n) is 4.80. The van der Waals surface area contributed by atoms with E-state index < -0.39 is 29.9 Å². The lowest BCUT2D eigenvalue weighted by molar-refractivity contribution is -0.184. The van der Waals surface area contributed by atoms with Crippen LogP contribution in [0.15, 0.2) is 0 Å². The Bertz CT molecular complexity index is 410. The Hall–Kier alpha value is -1.14. The van der Waals surface area contributed by atoms with Gasteiger partial charge in [-0.05, 0) is 27.2 Å². The summed E-state index contributed by atoms with van der Waals surface area (Å²) >= 11 is 0. The minimum absolute atomic E-state index is 0.225. The van der Waals surface area contributed by atoms with Crippen LogP contribution in [-0.4, -0.2) is 43.1 Å². The average molecular weight is 387 g/mol. The molecule has 6 nitrogen and oxygen atoms in total. The fraction of sp³-hybridized carbons (Fsp3) is 0.905. The lowest BCUT2D eigenvalue weighted by Gasteiger charge is -2.23. The number of unbranched alkanes of at least 4 members (excludes halogenated alkanes) is 8. The standard InChI is InChI=1S/C21H38O6/c1-5-8-9-10-11-12-13-14-15-16-21(4)26-17(19(22)24-6-2)18(27-21)20(23)25-7-3/h17-18H,5-16H2,1-4H3. The second kappa shape index (κ2) is 13.1. The number of carbonyl (C=O) groups is 2. The van der Waals surface area contributed by atoms with Crippen molar-refractivity contribution in [3.63, 3.8) is 0 Å². The summed E-state index contributed by atoms with van der Waals surface area (Å²) in [6, 6.07) is 0. The van der Waals surface area contributed by atoms with Crippen LogP contribution in [0.5, 0.6) is 0 Å². The number of esters is 2. The van der Waals surface area contributed by atoms with Gasteiger partial charge in [-0.25, -0.2) is 9.59 Å². The highest BCUT2D eigenvalue weighted by molar-refractivity contribution is 5.86. The van der Waals surface area contributed by atoms with Gasteiger partial charge in [-0.2, -0.15) is 0 Å². The molecule has 0 aromatic carbocycles. The molecule has 2 atom stereocenters. The SMILES string of the molecule is CCCCCCCCCCCC1(C)OC(C(=O)OCC)C(C(=O)OCC)O1. The van der Waals surface area contributed by atoms with Crippen LogP contribution >= 0.6 is 0 Å². The maximum atomic E-state index is 12.1. The fourth-order valence-electron chi connectivity index (χ4n) is 3.36. The highest BCUT2D eigenvalue weighted by Crippen LogP contribution is 2.34. The molecule has 1 aliphatic heterocycles. The van der Waals surface area contributed by atoms with Crippen molar-refractivity contribution in [2.24, 2.45) is 0 Å². The lowest BCUT2D eigenvalue weighted by atomic mass is 10.0. The largest absolute Gasteiger partial charge is 0.464 e. The van der Waals surface area contributed by atoms with Gasteiger partial charge in [-0.15, -0.1) is 0 Å². The Balaban J connectivity index is 2.40. The minimum atomic E-state index is -1.06. The van der Waals surface area contributed by atoms with E-state index in [1.165, 1.54) is 44.9 Å². The third kappa shape index (κ3) is 8.60. The van der Waals surface area contributed by atoms with E-state index in [4.69, 9.17) is 18.9 Å². The molecule has 6 heteroatoms. The summed E-state index contributed by atoms with van der Waals surface area (Å²) < 4.78 is 21.7. The normalized spacial score (nSPS) is 24.7. The molecule has 1 aliphatic rings. The molecule has 1 saturated heterocycles. The first-order valence-corrected chi connectivity index (χ1v) is 10.7. The molecule has 0 amide bonds. The van der Waals surface area contributed by atoms with E-state index >= 15 is 0 Å². The number of hydrogen-bond donors (Lipinski definition) is 0. The van der Waals surface area contributed by atoms with Crippen molar-refractivity contribution < 1.29 is 28.5 Å². The maximum absolute atomic E-state index is 12.1. The molecular weight excluding hydrogens is 348 g/mol. The quantitative estimate of drug-likeness (QED) is 0.322. The Morgan fingerprint density at radius 3 is 1.56 bits per heavy atom. The first-order valence-electron chi connectivity index (χ1n) is 10.7. The van der Waals surface area contributed by atoms with Gasteiger partial charge in [0.05, 0.1) is 13.2 Å². The van der Waals surface area contributed by atoms with Crippen LogP contribution in [-0.2, 0) is 28.5 Å². The second-order valence-corrected chi connectivity index (χ2v) is 7.29. The lowest BCUT2D eigenvalue weighted by Crippen LogP contribution is -2.39. The van der Waals surface area contributed by atoms with Gasteiger partial charge in [-0.3, -0.25) is 0 Å². The van der Waals surface area contributed by atoms with Gasteiger partial charge < -0.3 is 18.9 Å². The maximum Gasteiger partial charge on any atom is 0.338 e. The van der Waals surface area contributed by atoms with Crippen molar-refractivity contribution in [1.82, 2.24) is 0 Å². The minimum Gasteiger partial charge on any atom is -0.464 e. The smallest absolute Gasteiger partial charge is 0.338 e. The molecule has 0 aromatic heterocycles. The Morgan fingerprint density at radius 2 is 1.15 bits per heavy atom. The summed E-state index contributed by atoms with van der Waals surface area (Å²) in [5, 5.41) is 0. The van der Waals surface area contributed by atoms with E-state index in [1.54, 1.807) is 20.8 Å². The molecule has 1 heterocycles. The molecule has 27 heavy (non-hydrogen) atoms. The summed E-state index contributed by atoms with van der Waals surface area (Å²) in [5.74, 6) is -2.12. The number of rotatable bonds is 14. The third-order valence-corrected chi connectivity index (χ3v) is 4.80. The van der Waals surface area contributed by atoms with Gasteiger partial charge in [0, 0.05) is 6.42 Å². The van der Waals surface area contributed by atoms with Gasteiger partial charge >= 0.3 is 11.9 Å². The van der Waals surface area contributed by atoms with E-state index in [-0.39, 0.29) is 13.2 Å². The molecule has 0 radical (unpaired) electrons. The summed E-state index contributed by atoms with van der Waals surface area (Å²) in [6.07, 6.45) is 9.51. The van der Waals surface area contributed by atoms with Crippen LogP contribution in [0.2, 0.25) is 0 Å². The van der Waals surface area contributed by atoms with Crippen LogP contribution < -0.4 is 0 Å².